The second-order valence-corrected chi connectivity index (χ2v) is 5.61. The summed E-state index contributed by atoms with van der Waals surface area (Å²) < 4.78 is 1.90. The molecule has 1 atom stereocenters. The van der Waals surface area contributed by atoms with Crippen molar-refractivity contribution in [2.24, 2.45) is 7.05 Å². The normalized spacial score (nSPS) is 12.6. The Hall–Kier alpha value is -1.39. The minimum Gasteiger partial charge on any atom is -0.310 e. The number of rotatable bonds is 6. The third kappa shape index (κ3) is 3.63. The molecule has 0 bridgehead atoms. The van der Waals surface area contributed by atoms with Gasteiger partial charge >= 0.3 is 0 Å². The van der Waals surface area contributed by atoms with Crippen LogP contribution in [0.25, 0.3) is 0 Å². The van der Waals surface area contributed by atoms with Gasteiger partial charge in [0.2, 0.25) is 0 Å². The number of likely N-dealkylation sites (N-methyl/N-ethyl adjacent to an activating group) is 1. The summed E-state index contributed by atoms with van der Waals surface area (Å²) in [5, 5.41) is 8.79. The fourth-order valence-electron chi connectivity index (χ4n) is 2.47. The van der Waals surface area contributed by atoms with Crippen molar-refractivity contribution in [1.82, 2.24) is 20.1 Å². The smallest absolute Gasteiger partial charge is 0.0850 e. The van der Waals surface area contributed by atoms with E-state index in [4.69, 9.17) is 11.6 Å². The Kier molecular flexibility index (Phi) is 5.37. The number of halogens is 1. The van der Waals surface area contributed by atoms with Crippen LogP contribution in [0.5, 0.6) is 0 Å². The van der Waals surface area contributed by atoms with Gasteiger partial charge < -0.3 is 5.32 Å². The van der Waals surface area contributed by atoms with Gasteiger partial charge in [-0.2, -0.15) is 5.10 Å². The molecule has 114 valence electrons. The standard InChI is InChI=1S/C16H23ClN4/c1-5-13-16(17)15(21(4)20-13)9-14(18-6-2)12-8-7-11(3)19-10-12/h7-8,10,14,18H,5-6,9H2,1-4H3. The first kappa shape index (κ1) is 16.0. The summed E-state index contributed by atoms with van der Waals surface area (Å²) in [7, 11) is 1.96. The number of nitrogens with zero attached hydrogens (tertiary/aromatic N) is 3. The SMILES string of the molecule is CCNC(Cc1c(Cl)c(CC)nn1C)c1ccc(C)nc1. The maximum Gasteiger partial charge on any atom is 0.0850 e. The number of hydrogen-bond donors (Lipinski definition) is 1. The van der Waals surface area contributed by atoms with E-state index in [0.717, 1.165) is 41.5 Å². The summed E-state index contributed by atoms with van der Waals surface area (Å²) in [5.74, 6) is 0. The zero-order valence-electron chi connectivity index (χ0n) is 13.2. The highest BCUT2D eigenvalue weighted by Crippen LogP contribution is 2.26. The van der Waals surface area contributed by atoms with Crippen LogP contribution in [-0.2, 0) is 19.9 Å². The zero-order chi connectivity index (χ0) is 15.4. The Bertz CT molecular complexity index is 589. The fourth-order valence-corrected chi connectivity index (χ4v) is 2.85. The van der Waals surface area contributed by atoms with Crippen molar-refractivity contribution in [1.29, 1.82) is 0 Å². The molecule has 4 nitrogen and oxygen atoms in total. The van der Waals surface area contributed by atoms with E-state index in [1.54, 1.807) is 0 Å². The molecule has 2 aromatic heterocycles. The number of nitrogens with one attached hydrogen (secondary N) is 1. The van der Waals surface area contributed by atoms with Gasteiger partial charge in [0.05, 0.1) is 16.4 Å². The monoisotopic (exact) mass is 306 g/mol. The molecule has 0 aliphatic heterocycles. The third-order valence-corrected chi connectivity index (χ3v) is 4.12. The minimum absolute atomic E-state index is 0.195. The lowest BCUT2D eigenvalue weighted by atomic mass is 10.0. The van der Waals surface area contributed by atoms with Gasteiger partial charge in [-0.05, 0) is 31.5 Å². The molecule has 1 unspecified atom stereocenters. The van der Waals surface area contributed by atoms with Crippen molar-refractivity contribution in [2.45, 2.75) is 39.7 Å². The van der Waals surface area contributed by atoms with Crippen LogP contribution < -0.4 is 5.32 Å². The molecule has 0 radical (unpaired) electrons. The van der Waals surface area contributed by atoms with E-state index in [1.165, 1.54) is 5.56 Å². The van der Waals surface area contributed by atoms with Gasteiger partial charge in [-0.3, -0.25) is 9.67 Å². The number of aromatic nitrogens is 3. The van der Waals surface area contributed by atoms with E-state index >= 15 is 0 Å². The highest BCUT2D eigenvalue weighted by molar-refractivity contribution is 6.31. The van der Waals surface area contributed by atoms with E-state index in [1.807, 2.05) is 30.9 Å². The Morgan fingerprint density at radius 3 is 2.62 bits per heavy atom. The molecule has 5 heteroatoms. The average Bonchev–Trinajstić information content (AvgIpc) is 2.75. The van der Waals surface area contributed by atoms with Crippen LogP contribution in [0.2, 0.25) is 5.02 Å². The molecular formula is C16H23ClN4. The van der Waals surface area contributed by atoms with Crippen LogP contribution in [0.4, 0.5) is 0 Å². The highest BCUT2D eigenvalue weighted by Gasteiger charge is 2.19. The van der Waals surface area contributed by atoms with Gasteiger partial charge in [-0.1, -0.05) is 31.5 Å². The van der Waals surface area contributed by atoms with Gasteiger partial charge in [-0.25, -0.2) is 0 Å². The maximum absolute atomic E-state index is 6.46. The maximum atomic E-state index is 6.46. The summed E-state index contributed by atoms with van der Waals surface area (Å²) in [6.45, 7) is 7.08. The second-order valence-electron chi connectivity index (χ2n) is 5.23. The van der Waals surface area contributed by atoms with E-state index < -0.39 is 0 Å². The summed E-state index contributed by atoms with van der Waals surface area (Å²) in [4.78, 5) is 4.39. The van der Waals surface area contributed by atoms with Gasteiger partial charge in [0.1, 0.15) is 0 Å². The number of hydrogen-bond acceptors (Lipinski definition) is 3. The van der Waals surface area contributed by atoms with Gasteiger partial charge in [0.25, 0.3) is 0 Å². The second kappa shape index (κ2) is 7.05. The van der Waals surface area contributed by atoms with E-state index in [-0.39, 0.29) is 6.04 Å². The van der Waals surface area contributed by atoms with Crippen molar-refractivity contribution in [2.75, 3.05) is 6.54 Å². The van der Waals surface area contributed by atoms with E-state index in [2.05, 4.69) is 35.3 Å². The molecule has 0 fully saturated rings. The van der Waals surface area contributed by atoms with Crippen LogP contribution in [0.15, 0.2) is 18.3 Å². The predicted octanol–water partition coefficient (Wildman–Crippen LogP) is 3.23. The van der Waals surface area contributed by atoms with Crippen LogP contribution in [-0.4, -0.2) is 21.3 Å². The molecule has 0 saturated heterocycles. The zero-order valence-corrected chi connectivity index (χ0v) is 13.9. The summed E-state index contributed by atoms with van der Waals surface area (Å²) in [6.07, 6.45) is 3.60. The molecule has 0 aromatic carbocycles. The van der Waals surface area contributed by atoms with Gasteiger partial charge in [0, 0.05) is 31.4 Å². The molecule has 0 aliphatic carbocycles. The molecule has 2 aromatic rings. The molecule has 0 aliphatic rings. The van der Waals surface area contributed by atoms with E-state index in [9.17, 15) is 0 Å². The number of aryl methyl sites for hydroxylation is 3. The first-order valence-electron chi connectivity index (χ1n) is 7.43. The van der Waals surface area contributed by atoms with E-state index in [0.29, 0.717) is 0 Å². The van der Waals surface area contributed by atoms with Gasteiger partial charge in [-0.15, -0.1) is 0 Å². The van der Waals surface area contributed by atoms with Crippen molar-refractivity contribution in [3.8, 4) is 0 Å². The van der Waals surface area contributed by atoms with Gasteiger partial charge in [0.15, 0.2) is 0 Å². The first-order valence-corrected chi connectivity index (χ1v) is 7.80. The predicted molar refractivity (Wildman–Crippen MR) is 86.7 cm³/mol. The molecule has 2 heterocycles. The molecule has 0 saturated carbocycles. The van der Waals surface area contributed by atoms with Crippen LogP contribution in [0.1, 0.15) is 42.5 Å². The summed E-state index contributed by atoms with van der Waals surface area (Å²) >= 11 is 6.46. The number of pyridine rings is 1. The largest absolute Gasteiger partial charge is 0.310 e. The topological polar surface area (TPSA) is 42.7 Å². The van der Waals surface area contributed by atoms with Crippen molar-refractivity contribution < 1.29 is 0 Å². The molecule has 21 heavy (non-hydrogen) atoms. The third-order valence-electron chi connectivity index (χ3n) is 3.69. The van der Waals surface area contributed by atoms with Crippen molar-refractivity contribution >= 4 is 11.6 Å². The van der Waals surface area contributed by atoms with Crippen molar-refractivity contribution in [3.63, 3.8) is 0 Å². The Morgan fingerprint density at radius 2 is 2.10 bits per heavy atom. The van der Waals surface area contributed by atoms with Crippen LogP contribution in [0.3, 0.4) is 0 Å². The highest BCUT2D eigenvalue weighted by atomic mass is 35.5. The lowest BCUT2D eigenvalue weighted by Gasteiger charge is -2.18. The molecule has 2 rings (SSSR count). The Morgan fingerprint density at radius 1 is 1.33 bits per heavy atom. The molecule has 0 amide bonds. The van der Waals surface area contributed by atoms with Crippen LogP contribution >= 0.6 is 11.6 Å². The summed E-state index contributed by atoms with van der Waals surface area (Å²) in [6, 6.07) is 4.36. The van der Waals surface area contributed by atoms with Crippen molar-refractivity contribution in [3.05, 3.63) is 46.0 Å². The fraction of sp³-hybridized carbons (Fsp3) is 0.500. The quantitative estimate of drug-likeness (QED) is 0.891. The first-order chi connectivity index (χ1) is 10.1. The van der Waals surface area contributed by atoms with Crippen LogP contribution in [0, 0.1) is 6.92 Å². The molecular weight excluding hydrogens is 284 g/mol. The molecule has 0 spiro atoms. The summed E-state index contributed by atoms with van der Waals surface area (Å²) in [5.41, 5.74) is 4.24. The minimum atomic E-state index is 0.195. The lowest BCUT2D eigenvalue weighted by molar-refractivity contribution is 0.527. The molecule has 1 N–H and O–H groups in total. The Labute approximate surface area is 131 Å². The lowest BCUT2D eigenvalue weighted by Crippen LogP contribution is -2.24. The average molecular weight is 307 g/mol. The Balaban J connectivity index is 2.28.